The van der Waals surface area contributed by atoms with Crippen molar-refractivity contribution in [3.63, 3.8) is 0 Å². The number of rotatable bonds is 5. The van der Waals surface area contributed by atoms with Gasteiger partial charge in [-0.3, -0.25) is 4.79 Å². The lowest BCUT2D eigenvalue weighted by Crippen LogP contribution is -2.28. The van der Waals surface area contributed by atoms with Gasteiger partial charge in [-0.2, -0.15) is 5.10 Å². The number of hydrogen-bond donors (Lipinski definition) is 1. The highest BCUT2D eigenvalue weighted by Gasteiger charge is 2.32. The van der Waals surface area contributed by atoms with Crippen LogP contribution in [-0.2, 0) is 4.79 Å². The van der Waals surface area contributed by atoms with Crippen molar-refractivity contribution in [3.8, 4) is 0 Å². The summed E-state index contributed by atoms with van der Waals surface area (Å²) in [4.78, 5) is 16.1. The van der Waals surface area contributed by atoms with Gasteiger partial charge in [-0.25, -0.2) is 10.0 Å². The van der Waals surface area contributed by atoms with Gasteiger partial charge in [0, 0.05) is 16.9 Å². The Hall–Kier alpha value is -1.60. The summed E-state index contributed by atoms with van der Waals surface area (Å²) in [5.74, 6) is 0.166. The van der Waals surface area contributed by atoms with Crippen molar-refractivity contribution in [2.24, 2.45) is 10.1 Å². The molecule has 1 N–H and O–H groups in total. The second kappa shape index (κ2) is 7.53. The first-order valence-electron chi connectivity index (χ1n) is 7.89. The topological polar surface area (TPSA) is 57.1 Å². The number of fused-ring (bicyclic) bond motifs is 1. The number of hydrazone groups is 1. The molecule has 2 unspecified atom stereocenters. The van der Waals surface area contributed by atoms with E-state index in [1.165, 1.54) is 17.3 Å². The smallest absolute Gasteiger partial charge is 0.304 e. The standard InChI is InChI=1S/C17H19BrN4OS/c1-11(13-5-7-14(18)8-6-13)4-3-9-19-16(23)17-21-22-12(2)20-10-15(22)24-17/h5-12,20H,3-4H2,1-2H3/b19-9+. The number of halogens is 1. The molecule has 0 saturated carbocycles. The van der Waals surface area contributed by atoms with E-state index in [-0.39, 0.29) is 12.1 Å². The molecule has 0 spiro atoms. The Labute approximate surface area is 154 Å². The number of carbonyl (C=O) groups is 1. The van der Waals surface area contributed by atoms with Gasteiger partial charge in [0.05, 0.1) is 0 Å². The molecule has 2 heterocycles. The van der Waals surface area contributed by atoms with Crippen LogP contribution in [0.25, 0.3) is 0 Å². The summed E-state index contributed by atoms with van der Waals surface area (Å²) < 4.78 is 1.08. The fourth-order valence-electron chi connectivity index (χ4n) is 2.52. The van der Waals surface area contributed by atoms with Crippen LogP contribution >= 0.6 is 27.7 Å². The average molecular weight is 407 g/mol. The lowest BCUT2D eigenvalue weighted by molar-refractivity contribution is -0.111. The second-order valence-corrected chi connectivity index (χ2v) is 7.75. The largest absolute Gasteiger partial charge is 0.368 e. The van der Waals surface area contributed by atoms with E-state index in [0.717, 1.165) is 22.3 Å². The fourth-order valence-corrected chi connectivity index (χ4v) is 3.67. The van der Waals surface area contributed by atoms with Crippen molar-refractivity contribution >= 4 is 44.9 Å². The van der Waals surface area contributed by atoms with E-state index in [1.54, 1.807) is 6.21 Å². The van der Waals surface area contributed by atoms with Crippen molar-refractivity contribution in [2.75, 3.05) is 0 Å². The molecule has 2 aliphatic heterocycles. The molecule has 24 heavy (non-hydrogen) atoms. The highest BCUT2D eigenvalue weighted by Crippen LogP contribution is 2.34. The second-order valence-electron chi connectivity index (χ2n) is 5.82. The third kappa shape index (κ3) is 3.89. The predicted molar refractivity (Wildman–Crippen MR) is 103 cm³/mol. The van der Waals surface area contributed by atoms with E-state index in [0.29, 0.717) is 11.0 Å². The Morgan fingerprint density at radius 3 is 2.96 bits per heavy atom. The van der Waals surface area contributed by atoms with Crippen LogP contribution in [0.1, 0.15) is 38.2 Å². The van der Waals surface area contributed by atoms with Gasteiger partial charge in [-0.15, -0.1) is 0 Å². The van der Waals surface area contributed by atoms with E-state index in [2.05, 4.69) is 62.5 Å². The maximum absolute atomic E-state index is 12.1. The predicted octanol–water partition coefficient (Wildman–Crippen LogP) is 4.04. The summed E-state index contributed by atoms with van der Waals surface area (Å²) in [6.45, 7) is 4.18. The molecule has 0 radical (unpaired) electrons. The highest BCUT2D eigenvalue weighted by atomic mass is 79.9. The summed E-state index contributed by atoms with van der Waals surface area (Å²) in [6.07, 6.45) is 5.40. The van der Waals surface area contributed by atoms with Crippen LogP contribution in [0.2, 0.25) is 0 Å². The van der Waals surface area contributed by atoms with E-state index in [4.69, 9.17) is 0 Å². The molecule has 0 bridgehead atoms. The Kier molecular flexibility index (Phi) is 5.40. The monoisotopic (exact) mass is 406 g/mol. The quantitative estimate of drug-likeness (QED) is 0.749. The van der Waals surface area contributed by atoms with Crippen LogP contribution in [0.4, 0.5) is 0 Å². The molecule has 126 valence electrons. The molecular formula is C17H19BrN4OS. The molecule has 0 fully saturated rings. The summed E-state index contributed by atoms with van der Waals surface area (Å²) in [5.41, 5.74) is 1.29. The Bertz CT molecular complexity index is 714. The number of nitrogens with one attached hydrogen (secondary N) is 1. The molecule has 5 nitrogen and oxygen atoms in total. The van der Waals surface area contributed by atoms with Gasteiger partial charge in [0.25, 0.3) is 0 Å². The van der Waals surface area contributed by atoms with Crippen LogP contribution < -0.4 is 5.32 Å². The summed E-state index contributed by atoms with van der Waals surface area (Å²) in [7, 11) is 0. The van der Waals surface area contributed by atoms with Crippen molar-refractivity contribution in [3.05, 3.63) is 45.5 Å². The lowest BCUT2D eigenvalue weighted by atomic mass is 9.97. The summed E-state index contributed by atoms with van der Waals surface area (Å²) in [5, 5.41) is 10.7. The van der Waals surface area contributed by atoms with Gasteiger partial charge in [0.2, 0.25) is 0 Å². The van der Waals surface area contributed by atoms with Crippen LogP contribution in [0.3, 0.4) is 0 Å². The molecule has 1 aromatic rings. The SMILES string of the molecule is CC(CC/C=N/C(=O)C1=NN2C(=CNC2C)S1)c1ccc(Br)cc1. The van der Waals surface area contributed by atoms with E-state index >= 15 is 0 Å². The zero-order chi connectivity index (χ0) is 17.1. The van der Waals surface area contributed by atoms with Gasteiger partial charge < -0.3 is 5.32 Å². The maximum atomic E-state index is 12.1. The zero-order valence-corrected chi connectivity index (χ0v) is 16.0. The fraction of sp³-hybridized carbons (Fsp3) is 0.353. The number of nitrogens with zero attached hydrogens (tertiary/aromatic N) is 3. The van der Waals surface area contributed by atoms with Crippen molar-refractivity contribution in [1.29, 1.82) is 0 Å². The van der Waals surface area contributed by atoms with Gasteiger partial charge in [0.15, 0.2) is 5.04 Å². The first-order valence-corrected chi connectivity index (χ1v) is 9.50. The van der Waals surface area contributed by atoms with Crippen LogP contribution in [0.15, 0.2) is 50.1 Å². The minimum absolute atomic E-state index is 0.0912. The van der Waals surface area contributed by atoms with Gasteiger partial charge >= 0.3 is 5.91 Å². The van der Waals surface area contributed by atoms with E-state index in [9.17, 15) is 4.79 Å². The molecule has 1 aromatic carbocycles. The number of hydrogen-bond acceptors (Lipinski definition) is 5. The third-order valence-corrected chi connectivity index (χ3v) is 5.49. The minimum atomic E-state index is -0.265. The normalized spacial score (nSPS) is 20.6. The van der Waals surface area contributed by atoms with Crippen molar-refractivity contribution in [1.82, 2.24) is 10.3 Å². The average Bonchev–Trinajstić information content (AvgIpc) is 3.14. The minimum Gasteiger partial charge on any atom is -0.368 e. The molecular weight excluding hydrogens is 388 g/mol. The van der Waals surface area contributed by atoms with E-state index < -0.39 is 0 Å². The van der Waals surface area contributed by atoms with Gasteiger partial charge in [0.1, 0.15) is 11.2 Å². The molecule has 0 aliphatic carbocycles. The number of thioether (sulfide) groups is 1. The van der Waals surface area contributed by atoms with E-state index in [1.807, 2.05) is 18.1 Å². The molecule has 0 aromatic heterocycles. The molecule has 0 saturated heterocycles. The molecule has 1 amide bonds. The molecule has 2 atom stereocenters. The Morgan fingerprint density at radius 1 is 1.50 bits per heavy atom. The van der Waals surface area contributed by atoms with Gasteiger partial charge in [-0.1, -0.05) is 35.0 Å². The van der Waals surface area contributed by atoms with Crippen molar-refractivity contribution < 1.29 is 4.79 Å². The van der Waals surface area contributed by atoms with Crippen LogP contribution in [0.5, 0.6) is 0 Å². The lowest BCUT2D eigenvalue weighted by Gasteiger charge is -2.14. The zero-order valence-electron chi connectivity index (χ0n) is 13.6. The van der Waals surface area contributed by atoms with Crippen LogP contribution in [-0.4, -0.2) is 28.3 Å². The summed E-state index contributed by atoms with van der Waals surface area (Å²) in [6, 6.07) is 8.35. The summed E-state index contributed by atoms with van der Waals surface area (Å²) >= 11 is 4.81. The number of carbonyl (C=O) groups excluding carboxylic acids is 1. The van der Waals surface area contributed by atoms with Crippen molar-refractivity contribution in [2.45, 2.75) is 38.8 Å². The molecule has 2 aliphatic rings. The Balaban J connectivity index is 1.48. The van der Waals surface area contributed by atoms with Gasteiger partial charge in [-0.05, 0) is 55.1 Å². The first-order chi connectivity index (χ1) is 11.5. The Morgan fingerprint density at radius 2 is 2.25 bits per heavy atom. The highest BCUT2D eigenvalue weighted by molar-refractivity contribution is 9.10. The third-order valence-electron chi connectivity index (χ3n) is 4.00. The van der Waals surface area contributed by atoms with Crippen LogP contribution in [0, 0.1) is 0 Å². The molecule has 7 heteroatoms. The number of amides is 1. The first kappa shape index (κ1) is 17.2. The maximum Gasteiger partial charge on any atom is 0.304 e. The number of benzene rings is 1. The number of aliphatic imine (C=N–C) groups is 1. The molecule has 3 rings (SSSR count).